The summed E-state index contributed by atoms with van der Waals surface area (Å²) in [6, 6.07) is 0. The van der Waals surface area contributed by atoms with Crippen LogP contribution in [0.25, 0.3) is 0 Å². The fourth-order valence-electron chi connectivity index (χ4n) is 7.02. The number of carbonyl (C=O) groups excluding carboxylic acids is 3. The van der Waals surface area contributed by atoms with Gasteiger partial charge in [0.1, 0.15) is 24.9 Å². The van der Waals surface area contributed by atoms with E-state index in [1.807, 2.05) is 0 Å². The maximum atomic E-state index is 12.7. The molecule has 2 aliphatic carbocycles. The van der Waals surface area contributed by atoms with Crippen molar-refractivity contribution >= 4 is 17.9 Å². The highest BCUT2D eigenvalue weighted by atomic mass is 16.6. The Hall–Kier alpha value is -2.19. The quantitative estimate of drug-likeness (QED) is 0.239. The van der Waals surface area contributed by atoms with Gasteiger partial charge in [-0.05, 0) is 61.9 Å². The highest BCUT2D eigenvalue weighted by Gasteiger charge is 2.75. The van der Waals surface area contributed by atoms with Crippen molar-refractivity contribution in [3.05, 3.63) is 23.8 Å². The zero-order chi connectivity index (χ0) is 25.6. The Balaban J connectivity index is 1.70. The average Bonchev–Trinajstić information content (AvgIpc) is 3.45. The molecular weight excluding hydrogens is 452 g/mol. The molecule has 7 atom stereocenters. The minimum absolute atomic E-state index is 0.00617. The fraction of sp³-hybridized carbons (Fsp3) is 0.741. The number of hydrogen-bond acceptors (Lipinski definition) is 8. The van der Waals surface area contributed by atoms with Gasteiger partial charge < -0.3 is 24.1 Å². The van der Waals surface area contributed by atoms with Gasteiger partial charge in [-0.15, -0.1) is 0 Å². The number of rotatable bonds is 8. The minimum Gasteiger partial charge on any atom is -0.462 e. The van der Waals surface area contributed by atoms with Gasteiger partial charge in [0.25, 0.3) is 0 Å². The molecule has 35 heavy (non-hydrogen) atoms. The Morgan fingerprint density at radius 2 is 2.09 bits per heavy atom. The highest BCUT2D eigenvalue weighted by Crippen LogP contribution is 2.69. The van der Waals surface area contributed by atoms with Gasteiger partial charge in [-0.1, -0.05) is 26.8 Å². The molecule has 1 saturated heterocycles. The summed E-state index contributed by atoms with van der Waals surface area (Å²) >= 11 is 0. The summed E-state index contributed by atoms with van der Waals surface area (Å²) in [7, 11) is 0. The molecule has 0 aromatic rings. The van der Waals surface area contributed by atoms with Gasteiger partial charge in [-0.3, -0.25) is 4.79 Å². The van der Waals surface area contributed by atoms with Gasteiger partial charge >= 0.3 is 17.9 Å². The molecule has 8 heteroatoms. The van der Waals surface area contributed by atoms with Gasteiger partial charge in [-0.25, -0.2) is 9.59 Å². The summed E-state index contributed by atoms with van der Waals surface area (Å²) in [4.78, 5) is 36.5. The summed E-state index contributed by atoms with van der Waals surface area (Å²) in [5, 5.41) is 9.82. The van der Waals surface area contributed by atoms with E-state index in [1.165, 1.54) is 13.8 Å². The molecule has 0 aromatic heterocycles. The van der Waals surface area contributed by atoms with E-state index < -0.39 is 29.2 Å². The van der Waals surface area contributed by atoms with E-state index in [0.29, 0.717) is 19.6 Å². The van der Waals surface area contributed by atoms with Gasteiger partial charge in [0, 0.05) is 13.0 Å². The van der Waals surface area contributed by atoms with Crippen LogP contribution in [0.1, 0.15) is 66.2 Å². The number of hydrogen-bond donors (Lipinski definition) is 1. The van der Waals surface area contributed by atoms with Crippen LogP contribution in [-0.4, -0.2) is 60.6 Å². The van der Waals surface area contributed by atoms with E-state index in [0.717, 1.165) is 37.7 Å². The van der Waals surface area contributed by atoms with Crippen molar-refractivity contribution < 1.29 is 38.4 Å². The summed E-state index contributed by atoms with van der Waals surface area (Å²) < 4.78 is 23.1. The van der Waals surface area contributed by atoms with Crippen molar-refractivity contribution in [3.63, 3.8) is 0 Å². The van der Waals surface area contributed by atoms with Gasteiger partial charge in [0.2, 0.25) is 0 Å². The van der Waals surface area contributed by atoms with Crippen molar-refractivity contribution in [2.45, 2.75) is 84.0 Å². The smallest absolute Gasteiger partial charge is 0.336 e. The van der Waals surface area contributed by atoms with Crippen LogP contribution >= 0.6 is 0 Å². The molecule has 8 nitrogen and oxygen atoms in total. The van der Waals surface area contributed by atoms with E-state index in [-0.39, 0.29) is 41.4 Å². The first-order valence-corrected chi connectivity index (χ1v) is 12.7. The van der Waals surface area contributed by atoms with Crippen LogP contribution in [0, 0.1) is 22.7 Å². The predicted octanol–water partition coefficient (Wildman–Crippen LogP) is 3.26. The third-order valence-corrected chi connectivity index (χ3v) is 9.32. The molecule has 7 unspecified atom stereocenters. The maximum Gasteiger partial charge on any atom is 0.336 e. The van der Waals surface area contributed by atoms with Crippen LogP contribution in [0.15, 0.2) is 23.8 Å². The Bertz CT molecular complexity index is 931. The molecule has 194 valence electrons. The highest BCUT2D eigenvalue weighted by molar-refractivity contribution is 5.88. The third kappa shape index (κ3) is 4.44. The van der Waals surface area contributed by atoms with Gasteiger partial charge in [0.05, 0.1) is 23.7 Å². The Morgan fingerprint density at radius 3 is 2.66 bits per heavy atom. The zero-order valence-electron chi connectivity index (χ0n) is 21.3. The van der Waals surface area contributed by atoms with Crippen molar-refractivity contribution in [2.24, 2.45) is 22.7 Å². The van der Waals surface area contributed by atoms with Crippen molar-refractivity contribution in [1.82, 2.24) is 0 Å². The SMILES string of the molecule is C=C(C(=O)OCC12C(OC(C)=O)CC(C)C(C)(CCC3=CC(=O)OC3)C1CCCC21CO1)C(C)O. The standard InChI is InChI=1S/C27H38O8/c1-16-11-22(35-19(4)29)27(15-33-24(31)17(2)18(3)28)21(7-6-9-26(27)14-34-26)25(16,5)10-8-20-12-23(30)32-13-20/h12,16,18,21-22,28H,2,6-11,13-15H2,1,3-5H3. The van der Waals surface area contributed by atoms with E-state index in [9.17, 15) is 19.5 Å². The number of fused-ring (bicyclic) bond motifs is 2. The lowest BCUT2D eigenvalue weighted by Gasteiger charge is -2.63. The average molecular weight is 491 g/mol. The molecule has 0 amide bonds. The molecule has 0 bridgehead atoms. The van der Waals surface area contributed by atoms with Crippen molar-refractivity contribution in [3.8, 4) is 0 Å². The molecule has 1 spiro atoms. The molecule has 2 heterocycles. The van der Waals surface area contributed by atoms with Crippen molar-refractivity contribution in [2.75, 3.05) is 19.8 Å². The number of ether oxygens (including phenoxy) is 4. The maximum absolute atomic E-state index is 12.7. The lowest BCUT2D eigenvalue weighted by molar-refractivity contribution is -0.228. The minimum atomic E-state index is -1.01. The van der Waals surface area contributed by atoms with E-state index >= 15 is 0 Å². The largest absolute Gasteiger partial charge is 0.462 e. The normalized spacial score (nSPS) is 38.7. The molecule has 0 aromatic carbocycles. The number of aliphatic hydroxyl groups excluding tert-OH is 1. The van der Waals surface area contributed by atoms with E-state index in [4.69, 9.17) is 18.9 Å². The molecule has 3 fully saturated rings. The topological polar surface area (TPSA) is 112 Å². The van der Waals surface area contributed by atoms with Crippen LogP contribution in [0.2, 0.25) is 0 Å². The fourth-order valence-corrected chi connectivity index (χ4v) is 7.02. The molecule has 4 aliphatic rings. The lowest BCUT2D eigenvalue weighted by Crippen LogP contribution is -2.67. The molecule has 1 N–H and O–H groups in total. The van der Waals surface area contributed by atoms with Crippen LogP contribution in [0.5, 0.6) is 0 Å². The van der Waals surface area contributed by atoms with E-state index in [2.05, 4.69) is 20.4 Å². The number of cyclic esters (lactones) is 1. The van der Waals surface area contributed by atoms with Gasteiger partial charge in [-0.2, -0.15) is 0 Å². The lowest BCUT2D eigenvalue weighted by atomic mass is 9.43. The van der Waals surface area contributed by atoms with Crippen LogP contribution < -0.4 is 0 Å². The summed E-state index contributed by atoms with van der Waals surface area (Å²) in [5.74, 6) is -1.02. The molecule has 2 aliphatic heterocycles. The van der Waals surface area contributed by atoms with Crippen LogP contribution in [-0.2, 0) is 33.3 Å². The van der Waals surface area contributed by atoms with Crippen LogP contribution in [0.3, 0.4) is 0 Å². The van der Waals surface area contributed by atoms with E-state index in [1.54, 1.807) is 6.08 Å². The number of aliphatic hydroxyl groups is 1. The summed E-state index contributed by atoms with van der Waals surface area (Å²) in [5.41, 5.74) is -0.410. The van der Waals surface area contributed by atoms with Crippen LogP contribution in [0.4, 0.5) is 0 Å². The number of epoxide rings is 1. The Kier molecular flexibility index (Phi) is 6.92. The molecular formula is C27H38O8. The zero-order valence-corrected chi connectivity index (χ0v) is 21.3. The second-order valence-electron chi connectivity index (χ2n) is 11.2. The second kappa shape index (κ2) is 9.36. The molecule has 4 rings (SSSR count). The number of carbonyl (C=O) groups is 3. The molecule has 2 saturated carbocycles. The van der Waals surface area contributed by atoms with Gasteiger partial charge in [0.15, 0.2) is 0 Å². The monoisotopic (exact) mass is 490 g/mol. The summed E-state index contributed by atoms with van der Waals surface area (Å²) in [6.45, 7) is 11.9. The second-order valence-corrected chi connectivity index (χ2v) is 11.2. The Labute approximate surface area is 207 Å². The van der Waals surface area contributed by atoms with Crippen molar-refractivity contribution in [1.29, 1.82) is 0 Å². The predicted molar refractivity (Wildman–Crippen MR) is 126 cm³/mol. The summed E-state index contributed by atoms with van der Waals surface area (Å²) in [6.07, 6.45) is 4.99. The first kappa shape index (κ1) is 25.9. The molecule has 0 radical (unpaired) electrons. The first-order chi connectivity index (χ1) is 16.4. The third-order valence-electron chi connectivity index (χ3n) is 9.32. The number of esters is 3. The Morgan fingerprint density at radius 1 is 1.37 bits per heavy atom. The first-order valence-electron chi connectivity index (χ1n) is 12.7.